The van der Waals surface area contributed by atoms with Crippen LogP contribution in [0.3, 0.4) is 0 Å². The van der Waals surface area contributed by atoms with Gasteiger partial charge in [0.25, 0.3) is 10.0 Å². The fourth-order valence-corrected chi connectivity index (χ4v) is 3.97. The lowest BCUT2D eigenvalue weighted by Crippen LogP contribution is -2.12. The van der Waals surface area contributed by atoms with Crippen LogP contribution in [0.1, 0.15) is 0 Å². The van der Waals surface area contributed by atoms with Crippen molar-refractivity contribution in [2.45, 2.75) is 4.90 Å². The second-order valence-corrected chi connectivity index (χ2v) is 8.05. The lowest BCUT2D eigenvalue weighted by atomic mass is 10.1. The second-order valence-electron chi connectivity index (χ2n) is 6.37. The Balaban J connectivity index is 1.52. The number of methoxy groups -OCH3 is 1. The normalized spacial score (nSPS) is 11.2. The van der Waals surface area contributed by atoms with Crippen LogP contribution in [0.4, 0.5) is 5.69 Å². The first-order valence-corrected chi connectivity index (χ1v) is 10.4. The first-order chi connectivity index (χ1) is 14.0. The average Bonchev–Trinajstić information content (AvgIpc) is 3.25. The number of hydrogen-bond acceptors (Lipinski definition) is 4. The predicted molar refractivity (Wildman–Crippen MR) is 113 cm³/mol. The highest BCUT2D eigenvalue weighted by Gasteiger charge is 2.13. The van der Waals surface area contributed by atoms with Crippen LogP contribution in [0.25, 0.3) is 16.8 Å². The van der Waals surface area contributed by atoms with E-state index in [4.69, 9.17) is 4.74 Å². The molecule has 0 radical (unpaired) electrons. The average molecular weight is 405 g/mol. The summed E-state index contributed by atoms with van der Waals surface area (Å²) in [5.74, 6) is 0.801. The Labute approximate surface area is 169 Å². The minimum Gasteiger partial charge on any atom is -0.497 e. The zero-order valence-electron chi connectivity index (χ0n) is 15.7. The van der Waals surface area contributed by atoms with Crippen molar-refractivity contribution in [2.24, 2.45) is 0 Å². The maximum atomic E-state index is 12.4. The van der Waals surface area contributed by atoms with E-state index in [2.05, 4.69) is 9.82 Å². The largest absolute Gasteiger partial charge is 0.497 e. The van der Waals surface area contributed by atoms with E-state index in [1.165, 1.54) is 0 Å². The minimum atomic E-state index is -3.61. The minimum absolute atomic E-state index is 0.222. The summed E-state index contributed by atoms with van der Waals surface area (Å²) in [7, 11) is -1.98. The molecule has 0 amide bonds. The Hall–Kier alpha value is -3.58. The molecular weight excluding hydrogens is 386 g/mol. The molecule has 0 saturated heterocycles. The Morgan fingerprint density at radius 2 is 1.55 bits per heavy atom. The maximum Gasteiger partial charge on any atom is 0.261 e. The number of benzene rings is 3. The van der Waals surface area contributed by atoms with Crippen molar-refractivity contribution >= 4 is 15.7 Å². The molecule has 1 N–H and O–H groups in total. The lowest BCUT2D eigenvalue weighted by Gasteiger charge is -2.09. The molecule has 0 bridgehead atoms. The fourth-order valence-electron chi connectivity index (χ4n) is 2.89. The topological polar surface area (TPSA) is 73.2 Å². The van der Waals surface area contributed by atoms with Crippen molar-refractivity contribution in [2.75, 3.05) is 11.8 Å². The van der Waals surface area contributed by atoms with Crippen molar-refractivity contribution in [1.82, 2.24) is 9.78 Å². The van der Waals surface area contributed by atoms with Crippen molar-refractivity contribution < 1.29 is 13.2 Å². The molecule has 0 aliphatic heterocycles. The molecule has 0 atom stereocenters. The summed E-state index contributed by atoms with van der Waals surface area (Å²) in [6.45, 7) is 0. The SMILES string of the molecule is COc1ccc(-c2cnn(-c3ccc(NS(=O)(=O)c4ccccc4)cc3)c2)cc1. The lowest BCUT2D eigenvalue weighted by molar-refractivity contribution is 0.415. The van der Waals surface area contributed by atoms with Gasteiger partial charge in [-0.3, -0.25) is 4.72 Å². The number of aromatic nitrogens is 2. The second kappa shape index (κ2) is 7.81. The van der Waals surface area contributed by atoms with E-state index in [0.717, 1.165) is 22.6 Å². The van der Waals surface area contributed by atoms with E-state index in [1.807, 2.05) is 42.6 Å². The molecule has 0 aliphatic rings. The Morgan fingerprint density at radius 1 is 0.862 bits per heavy atom. The number of rotatable bonds is 6. The Bertz CT molecular complexity index is 1200. The Kier molecular flexibility index (Phi) is 5.05. The third-order valence-corrected chi connectivity index (χ3v) is 5.84. The van der Waals surface area contributed by atoms with Gasteiger partial charge in [-0.05, 0) is 54.1 Å². The fraction of sp³-hybridized carbons (Fsp3) is 0.0455. The summed E-state index contributed by atoms with van der Waals surface area (Å²) in [5.41, 5.74) is 3.32. The highest BCUT2D eigenvalue weighted by molar-refractivity contribution is 7.92. The van der Waals surface area contributed by atoms with E-state index in [9.17, 15) is 8.42 Å². The van der Waals surface area contributed by atoms with Crippen LogP contribution in [0, 0.1) is 0 Å². The molecule has 0 unspecified atom stereocenters. The number of nitrogens with zero attached hydrogens (tertiary/aromatic N) is 2. The zero-order valence-corrected chi connectivity index (χ0v) is 16.5. The Morgan fingerprint density at radius 3 is 2.21 bits per heavy atom. The zero-order chi connectivity index (χ0) is 20.3. The van der Waals surface area contributed by atoms with Gasteiger partial charge in [0.2, 0.25) is 0 Å². The summed E-state index contributed by atoms with van der Waals surface area (Å²) in [6, 6.07) is 23.1. The molecular formula is C22H19N3O3S. The van der Waals surface area contributed by atoms with Crippen molar-refractivity contribution in [1.29, 1.82) is 0 Å². The highest BCUT2D eigenvalue weighted by atomic mass is 32.2. The number of nitrogens with one attached hydrogen (secondary N) is 1. The summed E-state index contributed by atoms with van der Waals surface area (Å²) in [5, 5.41) is 4.40. The van der Waals surface area contributed by atoms with Gasteiger partial charge in [-0.25, -0.2) is 13.1 Å². The van der Waals surface area contributed by atoms with Crippen LogP contribution < -0.4 is 9.46 Å². The van der Waals surface area contributed by atoms with Gasteiger partial charge in [0.15, 0.2) is 0 Å². The molecule has 4 aromatic rings. The van der Waals surface area contributed by atoms with E-state index < -0.39 is 10.0 Å². The van der Waals surface area contributed by atoms with Crippen LogP contribution in [-0.2, 0) is 10.0 Å². The van der Waals surface area contributed by atoms with Crippen LogP contribution >= 0.6 is 0 Å². The van der Waals surface area contributed by atoms with Gasteiger partial charge in [-0.1, -0.05) is 30.3 Å². The molecule has 7 heteroatoms. The van der Waals surface area contributed by atoms with Gasteiger partial charge in [0.1, 0.15) is 5.75 Å². The molecule has 0 spiro atoms. The third kappa shape index (κ3) is 4.14. The molecule has 0 fully saturated rings. The molecule has 4 rings (SSSR count). The standard InChI is InChI=1S/C22H19N3O3S/c1-28-21-13-7-17(8-14-21)18-15-23-25(16-18)20-11-9-19(10-12-20)24-29(26,27)22-5-3-2-4-6-22/h2-16,24H,1H3. The van der Waals surface area contributed by atoms with Crippen LogP contribution in [-0.4, -0.2) is 25.3 Å². The summed E-state index contributed by atoms with van der Waals surface area (Å²) >= 11 is 0. The molecule has 1 heterocycles. The molecule has 29 heavy (non-hydrogen) atoms. The van der Waals surface area contributed by atoms with Gasteiger partial charge < -0.3 is 4.74 Å². The van der Waals surface area contributed by atoms with Gasteiger partial charge in [-0.2, -0.15) is 5.10 Å². The number of sulfonamides is 1. The molecule has 0 aliphatic carbocycles. The first kappa shape index (κ1) is 18.8. The van der Waals surface area contributed by atoms with E-state index in [1.54, 1.807) is 60.5 Å². The van der Waals surface area contributed by atoms with Crippen molar-refractivity contribution in [3.05, 3.63) is 91.3 Å². The van der Waals surface area contributed by atoms with Crippen molar-refractivity contribution in [3.8, 4) is 22.6 Å². The third-order valence-electron chi connectivity index (χ3n) is 4.44. The summed E-state index contributed by atoms with van der Waals surface area (Å²) in [4.78, 5) is 0.222. The van der Waals surface area contributed by atoms with Crippen LogP contribution in [0.5, 0.6) is 5.75 Å². The molecule has 6 nitrogen and oxygen atoms in total. The smallest absolute Gasteiger partial charge is 0.261 e. The monoisotopic (exact) mass is 405 g/mol. The number of hydrogen-bond donors (Lipinski definition) is 1. The molecule has 3 aromatic carbocycles. The van der Waals surface area contributed by atoms with Gasteiger partial charge in [0, 0.05) is 17.4 Å². The number of anilines is 1. The quantitative estimate of drug-likeness (QED) is 0.518. The molecule has 1 aromatic heterocycles. The van der Waals surface area contributed by atoms with Gasteiger partial charge in [-0.15, -0.1) is 0 Å². The summed E-state index contributed by atoms with van der Waals surface area (Å²) < 4.78 is 34.4. The van der Waals surface area contributed by atoms with Crippen molar-refractivity contribution in [3.63, 3.8) is 0 Å². The molecule has 0 saturated carbocycles. The van der Waals surface area contributed by atoms with Gasteiger partial charge >= 0.3 is 0 Å². The first-order valence-electron chi connectivity index (χ1n) is 8.92. The maximum absolute atomic E-state index is 12.4. The highest BCUT2D eigenvalue weighted by Crippen LogP contribution is 2.23. The number of ether oxygens (including phenoxy) is 1. The van der Waals surface area contributed by atoms with E-state index in [0.29, 0.717) is 5.69 Å². The van der Waals surface area contributed by atoms with Gasteiger partial charge in [0.05, 0.1) is 23.9 Å². The van der Waals surface area contributed by atoms with E-state index >= 15 is 0 Å². The van der Waals surface area contributed by atoms with Crippen LogP contribution in [0.15, 0.2) is 96.2 Å². The molecule has 146 valence electrons. The van der Waals surface area contributed by atoms with Crippen LogP contribution in [0.2, 0.25) is 0 Å². The van der Waals surface area contributed by atoms with E-state index in [-0.39, 0.29) is 4.90 Å². The predicted octanol–water partition coefficient (Wildman–Crippen LogP) is 4.35. The summed E-state index contributed by atoms with van der Waals surface area (Å²) in [6.07, 6.45) is 3.71.